The molecule has 134 valence electrons. The molecule has 2 aromatic heterocycles. The van der Waals surface area contributed by atoms with Crippen molar-refractivity contribution >= 4 is 11.6 Å². The zero-order valence-electron chi connectivity index (χ0n) is 14.8. The lowest BCUT2D eigenvalue weighted by atomic mass is 10.1. The largest absolute Gasteiger partial charge is 0.311 e. The number of aryl methyl sites for hydroxylation is 1. The van der Waals surface area contributed by atoms with Gasteiger partial charge in [0.1, 0.15) is 0 Å². The fourth-order valence-corrected chi connectivity index (χ4v) is 3.14. The van der Waals surface area contributed by atoms with E-state index in [2.05, 4.69) is 0 Å². The molecule has 4 nitrogen and oxygen atoms in total. The molecule has 0 aliphatic heterocycles. The van der Waals surface area contributed by atoms with Gasteiger partial charge in [-0.15, -0.1) is 0 Å². The number of para-hydroxylation sites is 1. The lowest BCUT2D eigenvalue weighted by Gasteiger charge is -2.06. The lowest BCUT2D eigenvalue weighted by Crippen LogP contribution is -2.19. The topological polar surface area (TPSA) is 39.8 Å². The zero-order valence-corrected chi connectivity index (χ0v) is 15.6. The van der Waals surface area contributed by atoms with E-state index < -0.39 is 0 Å². The molecule has 0 spiro atoms. The van der Waals surface area contributed by atoms with Crippen LogP contribution in [0.5, 0.6) is 0 Å². The normalized spacial score (nSPS) is 10.9. The first-order valence-electron chi connectivity index (χ1n) is 8.67. The number of aromatic nitrogens is 3. The summed E-state index contributed by atoms with van der Waals surface area (Å²) in [6.45, 7) is 2.36. The van der Waals surface area contributed by atoms with E-state index in [0.717, 1.165) is 28.1 Å². The zero-order chi connectivity index (χ0) is 18.8. The maximum Gasteiger partial charge on any atom is 0.251 e. The molecule has 4 rings (SSSR count). The van der Waals surface area contributed by atoms with Gasteiger partial charge in [0.15, 0.2) is 0 Å². The van der Waals surface area contributed by atoms with Crippen LogP contribution in [0.3, 0.4) is 0 Å². The molecule has 0 fully saturated rings. The Hall–Kier alpha value is -3.11. The van der Waals surface area contributed by atoms with Gasteiger partial charge in [-0.25, -0.2) is 4.68 Å². The summed E-state index contributed by atoms with van der Waals surface area (Å²) >= 11 is 6.03. The predicted molar refractivity (Wildman–Crippen MR) is 109 cm³/mol. The molecule has 0 N–H and O–H groups in total. The Morgan fingerprint density at radius 1 is 1.00 bits per heavy atom. The van der Waals surface area contributed by atoms with Gasteiger partial charge in [0.2, 0.25) is 0 Å². The Morgan fingerprint density at radius 3 is 2.44 bits per heavy atom. The molecule has 0 atom stereocenters. The summed E-state index contributed by atoms with van der Waals surface area (Å²) in [6, 6.07) is 21.1. The van der Waals surface area contributed by atoms with Gasteiger partial charge >= 0.3 is 0 Å². The average Bonchev–Trinajstić information content (AvgIpc) is 3.09. The summed E-state index contributed by atoms with van der Waals surface area (Å²) in [7, 11) is 0. The molecule has 5 heteroatoms. The van der Waals surface area contributed by atoms with E-state index in [0.29, 0.717) is 11.6 Å². The van der Waals surface area contributed by atoms with E-state index in [9.17, 15) is 4.79 Å². The number of hydrogen-bond acceptors (Lipinski definition) is 2. The molecule has 0 aliphatic carbocycles. The quantitative estimate of drug-likeness (QED) is 0.518. The second-order valence-electron chi connectivity index (χ2n) is 6.46. The summed E-state index contributed by atoms with van der Waals surface area (Å²) in [5, 5.41) is 5.46. The Balaban J connectivity index is 1.81. The molecule has 0 bridgehead atoms. The predicted octanol–water partition coefficient (Wildman–Crippen LogP) is 4.71. The van der Waals surface area contributed by atoms with Crippen molar-refractivity contribution in [3.05, 3.63) is 106 Å². The van der Waals surface area contributed by atoms with Crippen molar-refractivity contribution in [1.82, 2.24) is 14.3 Å². The highest BCUT2D eigenvalue weighted by molar-refractivity contribution is 6.30. The number of benzene rings is 2. The number of hydrogen-bond donors (Lipinski definition) is 0. The third kappa shape index (κ3) is 3.71. The minimum Gasteiger partial charge on any atom is -0.311 e. The molecule has 0 amide bonds. The molecule has 0 radical (unpaired) electrons. The molecule has 0 unspecified atom stereocenters. The number of nitrogens with zero attached hydrogens (tertiary/aromatic N) is 3. The van der Waals surface area contributed by atoms with Crippen LogP contribution in [0.2, 0.25) is 5.02 Å². The van der Waals surface area contributed by atoms with Crippen LogP contribution < -0.4 is 5.56 Å². The number of pyridine rings is 1. The van der Waals surface area contributed by atoms with E-state index in [4.69, 9.17) is 16.7 Å². The molecule has 2 aromatic carbocycles. The second kappa shape index (κ2) is 7.25. The summed E-state index contributed by atoms with van der Waals surface area (Å²) in [6.07, 6.45) is 3.80. The first-order chi connectivity index (χ1) is 13.1. The fraction of sp³-hybridized carbons (Fsp3) is 0.0909. The van der Waals surface area contributed by atoms with E-state index in [1.807, 2.05) is 84.7 Å². The molecule has 27 heavy (non-hydrogen) atoms. The Bertz CT molecular complexity index is 1130. The third-order valence-electron chi connectivity index (χ3n) is 4.42. The van der Waals surface area contributed by atoms with Gasteiger partial charge in [-0.2, -0.15) is 5.10 Å². The van der Waals surface area contributed by atoms with Crippen LogP contribution in [0.15, 0.2) is 83.9 Å². The van der Waals surface area contributed by atoms with Crippen molar-refractivity contribution in [2.24, 2.45) is 0 Å². The number of rotatable bonds is 4. The molecule has 0 aliphatic rings. The van der Waals surface area contributed by atoms with Gasteiger partial charge in [-0.05, 0) is 42.8 Å². The van der Waals surface area contributed by atoms with Gasteiger partial charge in [0, 0.05) is 34.6 Å². The summed E-state index contributed by atoms with van der Waals surface area (Å²) in [5.74, 6) is 0. The van der Waals surface area contributed by atoms with Crippen molar-refractivity contribution in [1.29, 1.82) is 0 Å². The second-order valence-corrected chi connectivity index (χ2v) is 6.90. The summed E-state index contributed by atoms with van der Waals surface area (Å²) in [5.41, 5.74) is 4.66. The van der Waals surface area contributed by atoms with Crippen molar-refractivity contribution in [3.8, 4) is 16.9 Å². The van der Waals surface area contributed by atoms with Crippen LogP contribution in [-0.4, -0.2) is 14.3 Å². The van der Waals surface area contributed by atoms with Gasteiger partial charge in [-0.1, -0.05) is 41.9 Å². The molecule has 2 heterocycles. The standard InChI is InChI=1S/C22H18ClN3O/c1-16-11-12-25(21(27)13-16)14-18-15-26(20-5-3-2-4-6-20)24-22(18)17-7-9-19(23)10-8-17/h2-13,15H,14H2,1H3. The van der Waals surface area contributed by atoms with Crippen LogP contribution in [0.4, 0.5) is 0 Å². The lowest BCUT2D eigenvalue weighted by molar-refractivity contribution is 0.757. The SMILES string of the molecule is Cc1ccn(Cc2cn(-c3ccccc3)nc2-c2ccc(Cl)cc2)c(=O)c1. The van der Waals surface area contributed by atoms with E-state index >= 15 is 0 Å². The number of halogens is 1. The van der Waals surface area contributed by atoms with E-state index in [1.54, 1.807) is 10.6 Å². The first-order valence-corrected chi connectivity index (χ1v) is 9.05. The molecule has 0 saturated carbocycles. The third-order valence-corrected chi connectivity index (χ3v) is 4.67. The first kappa shape index (κ1) is 17.3. The monoisotopic (exact) mass is 375 g/mol. The molecular weight excluding hydrogens is 358 g/mol. The maximum absolute atomic E-state index is 12.3. The highest BCUT2D eigenvalue weighted by atomic mass is 35.5. The summed E-state index contributed by atoms with van der Waals surface area (Å²) < 4.78 is 3.54. The van der Waals surface area contributed by atoms with Crippen LogP contribution in [0, 0.1) is 6.92 Å². The van der Waals surface area contributed by atoms with E-state index in [1.165, 1.54) is 0 Å². The Morgan fingerprint density at radius 2 is 1.74 bits per heavy atom. The highest BCUT2D eigenvalue weighted by Crippen LogP contribution is 2.25. The van der Waals surface area contributed by atoms with Crippen molar-refractivity contribution in [2.45, 2.75) is 13.5 Å². The van der Waals surface area contributed by atoms with Crippen LogP contribution in [0.1, 0.15) is 11.1 Å². The van der Waals surface area contributed by atoms with Crippen molar-refractivity contribution in [3.63, 3.8) is 0 Å². The van der Waals surface area contributed by atoms with Gasteiger partial charge < -0.3 is 4.57 Å². The highest BCUT2D eigenvalue weighted by Gasteiger charge is 2.13. The fourth-order valence-electron chi connectivity index (χ4n) is 3.01. The Kier molecular flexibility index (Phi) is 4.65. The van der Waals surface area contributed by atoms with Gasteiger partial charge in [-0.3, -0.25) is 4.79 Å². The maximum atomic E-state index is 12.3. The minimum absolute atomic E-state index is 0.0236. The molecular formula is C22H18ClN3O. The smallest absolute Gasteiger partial charge is 0.251 e. The molecule has 0 saturated heterocycles. The average molecular weight is 376 g/mol. The minimum atomic E-state index is -0.0236. The van der Waals surface area contributed by atoms with Crippen molar-refractivity contribution in [2.75, 3.05) is 0 Å². The van der Waals surface area contributed by atoms with Crippen LogP contribution in [-0.2, 0) is 6.54 Å². The van der Waals surface area contributed by atoms with Crippen LogP contribution in [0.25, 0.3) is 16.9 Å². The van der Waals surface area contributed by atoms with Gasteiger partial charge in [0.05, 0.1) is 17.9 Å². The Labute approximate surface area is 162 Å². The van der Waals surface area contributed by atoms with Gasteiger partial charge in [0.25, 0.3) is 5.56 Å². The van der Waals surface area contributed by atoms with Crippen molar-refractivity contribution < 1.29 is 0 Å². The molecule has 4 aromatic rings. The van der Waals surface area contributed by atoms with E-state index in [-0.39, 0.29) is 5.56 Å². The summed E-state index contributed by atoms with van der Waals surface area (Å²) in [4.78, 5) is 12.3. The van der Waals surface area contributed by atoms with Crippen LogP contribution >= 0.6 is 11.6 Å².